The Bertz CT molecular complexity index is 379. The molecule has 0 aliphatic heterocycles. The van der Waals surface area contributed by atoms with Gasteiger partial charge in [-0.1, -0.05) is 0 Å². The number of nitrogens with one attached hydrogen (secondary N) is 1. The first-order chi connectivity index (χ1) is 7.75. The monoisotopic (exact) mass is 237 g/mol. The molecule has 1 aliphatic carbocycles. The SMILES string of the molecule is Nc1cnccc1SCC(=O)NCC1CC1. The highest BCUT2D eigenvalue weighted by atomic mass is 32.2. The van der Waals surface area contributed by atoms with Gasteiger partial charge in [0.15, 0.2) is 0 Å². The molecule has 0 aromatic carbocycles. The van der Waals surface area contributed by atoms with E-state index in [9.17, 15) is 4.79 Å². The van der Waals surface area contributed by atoms with Crippen LogP contribution in [0.3, 0.4) is 0 Å². The van der Waals surface area contributed by atoms with Crippen LogP contribution < -0.4 is 11.1 Å². The predicted octanol–water partition coefficient (Wildman–Crippen LogP) is 1.28. The third-order valence-electron chi connectivity index (χ3n) is 2.45. The fourth-order valence-corrected chi connectivity index (χ4v) is 2.06. The number of pyridine rings is 1. The highest BCUT2D eigenvalue weighted by Crippen LogP contribution is 2.27. The van der Waals surface area contributed by atoms with Crippen LogP contribution in [0.1, 0.15) is 12.8 Å². The van der Waals surface area contributed by atoms with Crippen molar-refractivity contribution >= 4 is 23.4 Å². The van der Waals surface area contributed by atoms with Gasteiger partial charge in [0, 0.05) is 17.6 Å². The van der Waals surface area contributed by atoms with Gasteiger partial charge in [-0.3, -0.25) is 9.78 Å². The van der Waals surface area contributed by atoms with Gasteiger partial charge in [0.1, 0.15) is 0 Å². The third kappa shape index (κ3) is 3.41. The summed E-state index contributed by atoms with van der Waals surface area (Å²) in [6, 6.07) is 1.83. The first-order valence-electron chi connectivity index (χ1n) is 5.34. The maximum Gasteiger partial charge on any atom is 0.230 e. The van der Waals surface area contributed by atoms with Gasteiger partial charge in [-0.2, -0.15) is 0 Å². The Morgan fingerprint density at radius 3 is 3.12 bits per heavy atom. The summed E-state index contributed by atoms with van der Waals surface area (Å²) in [6.07, 6.45) is 5.79. The number of nitrogen functional groups attached to an aromatic ring is 1. The van der Waals surface area contributed by atoms with E-state index in [0.717, 1.165) is 17.4 Å². The van der Waals surface area contributed by atoms with Crippen molar-refractivity contribution < 1.29 is 4.79 Å². The van der Waals surface area contributed by atoms with E-state index in [2.05, 4.69) is 10.3 Å². The molecule has 1 aromatic rings. The molecular formula is C11H15N3OS. The number of nitrogens with zero attached hydrogens (tertiary/aromatic N) is 1. The number of anilines is 1. The van der Waals surface area contributed by atoms with Gasteiger partial charge in [-0.25, -0.2) is 0 Å². The number of nitrogens with two attached hydrogens (primary N) is 1. The number of thioether (sulfide) groups is 1. The molecule has 0 spiro atoms. The number of hydrogen-bond acceptors (Lipinski definition) is 4. The number of aromatic nitrogens is 1. The Morgan fingerprint density at radius 2 is 2.44 bits per heavy atom. The molecular weight excluding hydrogens is 222 g/mol. The van der Waals surface area contributed by atoms with E-state index < -0.39 is 0 Å². The van der Waals surface area contributed by atoms with E-state index in [4.69, 9.17) is 5.73 Å². The van der Waals surface area contributed by atoms with Gasteiger partial charge in [0.25, 0.3) is 0 Å². The second kappa shape index (κ2) is 5.21. The molecule has 2 rings (SSSR count). The zero-order valence-corrected chi connectivity index (χ0v) is 9.80. The Hall–Kier alpha value is -1.23. The largest absolute Gasteiger partial charge is 0.397 e. The van der Waals surface area contributed by atoms with Gasteiger partial charge in [-0.05, 0) is 24.8 Å². The Kier molecular flexibility index (Phi) is 3.66. The molecule has 1 aromatic heterocycles. The summed E-state index contributed by atoms with van der Waals surface area (Å²) in [6.45, 7) is 0.825. The summed E-state index contributed by atoms with van der Waals surface area (Å²) >= 11 is 1.45. The summed E-state index contributed by atoms with van der Waals surface area (Å²) in [5.74, 6) is 1.22. The van der Waals surface area contributed by atoms with Crippen LogP contribution in [0.5, 0.6) is 0 Å². The zero-order valence-electron chi connectivity index (χ0n) is 8.98. The maximum atomic E-state index is 11.5. The van der Waals surface area contributed by atoms with Crippen LogP contribution in [0.2, 0.25) is 0 Å². The summed E-state index contributed by atoms with van der Waals surface area (Å²) in [5.41, 5.74) is 6.35. The van der Waals surface area contributed by atoms with Crippen LogP contribution >= 0.6 is 11.8 Å². The number of hydrogen-bond donors (Lipinski definition) is 2. The van der Waals surface area contributed by atoms with Crippen molar-refractivity contribution in [2.45, 2.75) is 17.7 Å². The minimum atomic E-state index is 0.0770. The number of carbonyl (C=O) groups excluding carboxylic acids is 1. The average Bonchev–Trinajstić information content (AvgIpc) is 3.09. The van der Waals surface area contributed by atoms with E-state index in [1.165, 1.54) is 24.6 Å². The lowest BCUT2D eigenvalue weighted by Gasteiger charge is -2.05. The van der Waals surface area contributed by atoms with Crippen molar-refractivity contribution in [1.29, 1.82) is 0 Å². The maximum absolute atomic E-state index is 11.5. The molecule has 0 saturated heterocycles. The molecule has 16 heavy (non-hydrogen) atoms. The Labute approximate surface area is 99.0 Å². The fraction of sp³-hybridized carbons (Fsp3) is 0.455. The molecule has 0 radical (unpaired) electrons. The Balaban J connectivity index is 1.73. The first kappa shape index (κ1) is 11.3. The molecule has 1 heterocycles. The van der Waals surface area contributed by atoms with E-state index in [1.54, 1.807) is 12.4 Å². The molecule has 1 saturated carbocycles. The molecule has 3 N–H and O–H groups in total. The van der Waals surface area contributed by atoms with Gasteiger partial charge in [-0.15, -0.1) is 11.8 Å². The second-order valence-electron chi connectivity index (χ2n) is 3.95. The highest BCUT2D eigenvalue weighted by molar-refractivity contribution is 8.00. The summed E-state index contributed by atoms with van der Waals surface area (Å²) in [7, 11) is 0. The lowest BCUT2D eigenvalue weighted by Crippen LogP contribution is -2.27. The van der Waals surface area contributed by atoms with Crippen LogP contribution in [0, 0.1) is 5.92 Å². The quantitative estimate of drug-likeness (QED) is 0.757. The van der Waals surface area contributed by atoms with Crippen LogP contribution in [-0.2, 0) is 4.79 Å². The van der Waals surface area contributed by atoms with Crippen molar-refractivity contribution in [3.8, 4) is 0 Å². The lowest BCUT2D eigenvalue weighted by atomic mass is 10.4. The van der Waals surface area contributed by atoms with E-state index in [1.807, 2.05) is 6.07 Å². The van der Waals surface area contributed by atoms with Crippen molar-refractivity contribution in [2.24, 2.45) is 5.92 Å². The number of amides is 1. The highest BCUT2D eigenvalue weighted by Gasteiger charge is 2.21. The van der Waals surface area contributed by atoms with E-state index in [-0.39, 0.29) is 5.91 Å². The zero-order chi connectivity index (χ0) is 11.4. The summed E-state index contributed by atoms with van der Waals surface area (Å²) in [5, 5.41) is 2.92. The van der Waals surface area contributed by atoms with Crippen LogP contribution in [0.25, 0.3) is 0 Å². The molecule has 1 fully saturated rings. The molecule has 86 valence electrons. The van der Waals surface area contributed by atoms with Crippen molar-refractivity contribution in [1.82, 2.24) is 10.3 Å². The second-order valence-corrected chi connectivity index (χ2v) is 4.97. The fourth-order valence-electron chi connectivity index (χ4n) is 1.30. The van der Waals surface area contributed by atoms with Crippen molar-refractivity contribution in [2.75, 3.05) is 18.0 Å². The molecule has 0 atom stereocenters. The molecule has 0 bridgehead atoms. The van der Waals surface area contributed by atoms with Crippen LogP contribution in [0.15, 0.2) is 23.4 Å². The van der Waals surface area contributed by atoms with Gasteiger partial charge >= 0.3 is 0 Å². The smallest absolute Gasteiger partial charge is 0.230 e. The minimum Gasteiger partial charge on any atom is -0.397 e. The third-order valence-corrected chi connectivity index (χ3v) is 3.54. The topological polar surface area (TPSA) is 68.0 Å². The van der Waals surface area contributed by atoms with Gasteiger partial charge in [0.05, 0.1) is 17.6 Å². The predicted molar refractivity (Wildman–Crippen MR) is 65.1 cm³/mol. The summed E-state index contributed by atoms with van der Waals surface area (Å²) in [4.78, 5) is 16.3. The number of rotatable bonds is 5. The van der Waals surface area contributed by atoms with Crippen molar-refractivity contribution in [3.63, 3.8) is 0 Å². The molecule has 4 nitrogen and oxygen atoms in total. The minimum absolute atomic E-state index is 0.0770. The normalized spacial score (nSPS) is 14.8. The first-order valence-corrected chi connectivity index (χ1v) is 6.33. The molecule has 0 unspecified atom stereocenters. The summed E-state index contributed by atoms with van der Waals surface area (Å²) < 4.78 is 0. The van der Waals surface area contributed by atoms with Gasteiger partial charge in [0.2, 0.25) is 5.91 Å². The van der Waals surface area contributed by atoms with Crippen LogP contribution in [-0.4, -0.2) is 23.2 Å². The van der Waals surface area contributed by atoms with Gasteiger partial charge < -0.3 is 11.1 Å². The van der Waals surface area contributed by atoms with Crippen LogP contribution in [0.4, 0.5) is 5.69 Å². The average molecular weight is 237 g/mol. The molecule has 1 amide bonds. The van der Waals surface area contributed by atoms with E-state index in [0.29, 0.717) is 11.4 Å². The molecule has 1 aliphatic rings. The number of carbonyl (C=O) groups is 1. The van der Waals surface area contributed by atoms with E-state index >= 15 is 0 Å². The van der Waals surface area contributed by atoms with Crippen molar-refractivity contribution in [3.05, 3.63) is 18.5 Å². The molecule has 5 heteroatoms. The Morgan fingerprint density at radius 1 is 1.62 bits per heavy atom. The standard InChI is InChI=1S/C11H15N3OS/c12-9-6-13-4-3-10(9)16-7-11(15)14-5-8-1-2-8/h3-4,6,8H,1-2,5,7,12H2,(H,14,15). The lowest BCUT2D eigenvalue weighted by molar-refractivity contribution is -0.118.